The lowest BCUT2D eigenvalue weighted by molar-refractivity contribution is 0.0993. The molecule has 6 heteroatoms. The minimum Gasteiger partial charge on any atom is -0.493 e. The maximum atomic E-state index is 13.4. The van der Waals surface area contributed by atoms with Crippen molar-refractivity contribution in [2.45, 2.75) is 6.04 Å². The number of ether oxygens (including phenoxy) is 2. The zero-order valence-corrected chi connectivity index (χ0v) is 16.1. The first-order valence-corrected chi connectivity index (χ1v) is 9.28. The number of fused-ring (bicyclic) bond motifs is 2. The number of hydrogen-bond acceptors (Lipinski definition) is 4. The van der Waals surface area contributed by atoms with Crippen molar-refractivity contribution in [3.8, 4) is 11.5 Å². The van der Waals surface area contributed by atoms with Crippen LogP contribution in [0, 0.1) is 0 Å². The summed E-state index contributed by atoms with van der Waals surface area (Å²) in [4.78, 5) is 19.6. The largest absolute Gasteiger partial charge is 0.493 e. The molecule has 0 saturated carbocycles. The van der Waals surface area contributed by atoms with Gasteiger partial charge in [0.25, 0.3) is 5.91 Å². The average molecular weight is 385 g/mol. The number of amides is 1. The van der Waals surface area contributed by atoms with Crippen molar-refractivity contribution in [1.82, 2.24) is 9.38 Å². The van der Waals surface area contributed by atoms with E-state index in [1.54, 1.807) is 20.4 Å². The molecule has 2 aromatic carbocycles. The van der Waals surface area contributed by atoms with E-state index in [4.69, 9.17) is 9.47 Å². The van der Waals surface area contributed by atoms with Crippen molar-refractivity contribution < 1.29 is 14.3 Å². The van der Waals surface area contributed by atoms with Crippen LogP contribution in [0.2, 0.25) is 0 Å². The molecule has 4 aromatic rings. The monoisotopic (exact) mass is 385 g/mol. The SMILES string of the molecule is COc1ccc(C2c3ccccc3C(=O)N2c2ccn3ccnc3c2)cc1OC. The van der Waals surface area contributed by atoms with Gasteiger partial charge in [0.05, 0.1) is 25.9 Å². The number of hydrogen-bond donors (Lipinski definition) is 0. The van der Waals surface area contributed by atoms with Crippen LogP contribution in [-0.4, -0.2) is 29.5 Å². The molecule has 1 amide bonds. The van der Waals surface area contributed by atoms with Crippen LogP contribution in [0.3, 0.4) is 0 Å². The van der Waals surface area contributed by atoms with E-state index in [-0.39, 0.29) is 11.9 Å². The van der Waals surface area contributed by atoms with E-state index < -0.39 is 0 Å². The third kappa shape index (κ3) is 2.64. The molecular formula is C23H19N3O3. The van der Waals surface area contributed by atoms with E-state index in [9.17, 15) is 4.79 Å². The molecule has 144 valence electrons. The van der Waals surface area contributed by atoms with Gasteiger partial charge in [-0.25, -0.2) is 4.98 Å². The highest BCUT2D eigenvalue weighted by Gasteiger charge is 2.39. The Morgan fingerprint density at radius 2 is 1.76 bits per heavy atom. The minimum absolute atomic E-state index is 0.0312. The number of benzene rings is 2. The van der Waals surface area contributed by atoms with E-state index >= 15 is 0 Å². The molecule has 5 rings (SSSR count). The van der Waals surface area contributed by atoms with E-state index in [0.29, 0.717) is 17.1 Å². The summed E-state index contributed by atoms with van der Waals surface area (Å²) >= 11 is 0. The van der Waals surface area contributed by atoms with Crippen molar-refractivity contribution in [2.24, 2.45) is 0 Å². The Morgan fingerprint density at radius 1 is 0.931 bits per heavy atom. The number of rotatable bonds is 4. The van der Waals surface area contributed by atoms with E-state index in [1.165, 1.54) is 0 Å². The van der Waals surface area contributed by atoms with Gasteiger partial charge in [-0.15, -0.1) is 0 Å². The molecule has 0 radical (unpaired) electrons. The van der Waals surface area contributed by atoms with Gasteiger partial charge < -0.3 is 13.9 Å². The topological polar surface area (TPSA) is 56.1 Å². The lowest BCUT2D eigenvalue weighted by Crippen LogP contribution is -2.28. The standard InChI is InChI=1S/C23H19N3O3/c1-28-19-8-7-15(13-20(19)29-2)22-17-5-3-4-6-18(17)23(27)26(22)16-9-11-25-12-10-24-21(25)14-16/h3-14,22H,1-2H3. The smallest absolute Gasteiger partial charge is 0.259 e. The lowest BCUT2D eigenvalue weighted by atomic mass is 9.97. The van der Waals surface area contributed by atoms with Crippen LogP contribution in [0.4, 0.5) is 5.69 Å². The molecule has 6 nitrogen and oxygen atoms in total. The second kappa shape index (κ2) is 6.67. The number of carbonyl (C=O) groups excluding carboxylic acids is 1. The fourth-order valence-corrected chi connectivity index (χ4v) is 3.98. The molecule has 1 aliphatic rings. The summed E-state index contributed by atoms with van der Waals surface area (Å²) in [6.07, 6.45) is 5.54. The summed E-state index contributed by atoms with van der Waals surface area (Å²) in [7, 11) is 3.22. The van der Waals surface area contributed by atoms with Gasteiger partial charge in [-0.3, -0.25) is 9.69 Å². The highest BCUT2D eigenvalue weighted by molar-refractivity contribution is 6.11. The zero-order valence-electron chi connectivity index (χ0n) is 16.1. The molecular weight excluding hydrogens is 366 g/mol. The van der Waals surface area contributed by atoms with Crippen molar-refractivity contribution in [2.75, 3.05) is 19.1 Å². The van der Waals surface area contributed by atoms with Gasteiger partial charge in [0, 0.05) is 30.2 Å². The van der Waals surface area contributed by atoms with Crippen LogP contribution in [-0.2, 0) is 0 Å². The molecule has 3 heterocycles. The van der Waals surface area contributed by atoms with Gasteiger partial charge >= 0.3 is 0 Å². The first kappa shape index (κ1) is 17.3. The molecule has 1 aliphatic heterocycles. The van der Waals surface area contributed by atoms with E-state index in [2.05, 4.69) is 4.98 Å². The highest BCUT2D eigenvalue weighted by Crippen LogP contribution is 2.43. The number of nitrogens with zero attached hydrogens (tertiary/aromatic N) is 3. The molecule has 1 atom stereocenters. The summed E-state index contributed by atoms with van der Waals surface area (Å²) in [5, 5.41) is 0. The van der Waals surface area contributed by atoms with Crippen LogP contribution in [0.1, 0.15) is 27.5 Å². The van der Waals surface area contributed by atoms with Gasteiger partial charge in [-0.2, -0.15) is 0 Å². The molecule has 2 aromatic heterocycles. The molecule has 0 fully saturated rings. The van der Waals surface area contributed by atoms with Crippen molar-refractivity contribution in [3.63, 3.8) is 0 Å². The third-order valence-corrected chi connectivity index (χ3v) is 5.35. The second-order valence-electron chi connectivity index (χ2n) is 6.86. The predicted molar refractivity (Wildman–Crippen MR) is 110 cm³/mol. The fraction of sp³-hybridized carbons (Fsp3) is 0.130. The highest BCUT2D eigenvalue weighted by atomic mass is 16.5. The van der Waals surface area contributed by atoms with Crippen LogP contribution in [0.25, 0.3) is 5.65 Å². The van der Waals surface area contributed by atoms with E-state index in [0.717, 1.165) is 22.5 Å². The Kier molecular flexibility index (Phi) is 3.98. The summed E-state index contributed by atoms with van der Waals surface area (Å²) in [6, 6.07) is 17.1. The summed E-state index contributed by atoms with van der Waals surface area (Å²) in [5.41, 5.74) is 4.20. The number of aromatic nitrogens is 2. The Morgan fingerprint density at radius 3 is 2.59 bits per heavy atom. The lowest BCUT2D eigenvalue weighted by Gasteiger charge is -2.26. The molecule has 0 N–H and O–H groups in total. The van der Waals surface area contributed by atoms with E-state index in [1.807, 2.05) is 76.3 Å². The molecule has 0 aliphatic carbocycles. The summed E-state index contributed by atoms with van der Waals surface area (Å²) in [6.45, 7) is 0. The van der Waals surface area contributed by atoms with Gasteiger partial charge in [-0.05, 0) is 35.4 Å². The van der Waals surface area contributed by atoms with Crippen LogP contribution < -0.4 is 14.4 Å². The molecule has 29 heavy (non-hydrogen) atoms. The first-order valence-electron chi connectivity index (χ1n) is 9.28. The molecule has 1 unspecified atom stereocenters. The van der Waals surface area contributed by atoms with Crippen molar-refractivity contribution in [3.05, 3.63) is 89.9 Å². The van der Waals surface area contributed by atoms with Gasteiger partial charge in [0.1, 0.15) is 5.65 Å². The van der Waals surface area contributed by atoms with Crippen LogP contribution in [0.5, 0.6) is 11.5 Å². The van der Waals surface area contributed by atoms with Gasteiger partial charge in [-0.1, -0.05) is 24.3 Å². The van der Waals surface area contributed by atoms with Gasteiger partial charge in [0.2, 0.25) is 0 Å². The Hall–Kier alpha value is -3.80. The predicted octanol–water partition coefficient (Wildman–Crippen LogP) is 4.10. The zero-order chi connectivity index (χ0) is 20.0. The number of pyridine rings is 1. The third-order valence-electron chi connectivity index (χ3n) is 5.35. The second-order valence-corrected chi connectivity index (χ2v) is 6.86. The maximum Gasteiger partial charge on any atom is 0.259 e. The molecule has 0 bridgehead atoms. The summed E-state index contributed by atoms with van der Waals surface area (Å²) < 4.78 is 12.8. The normalized spacial score (nSPS) is 15.6. The van der Waals surface area contributed by atoms with Crippen LogP contribution in [0.15, 0.2) is 73.2 Å². The molecule has 0 saturated heterocycles. The quantitative estimate of drug-likeness (QED) is 0.531. The van der Waals surface area contributed by atoms with Crippen LogP contribution >= 0.6 is 0 Å². The Labute approximate surface area is 167 Å². The minimum atomic E-state index is -0.268. The first-order chi connectivity index (χ1) is 14.2. The summed E-state index contributed by atoms with van der Waals surface area (Å²) in [5.74, 6) is 1.25. The number of anilines is 1. The number of methoxy groups -OCH3 is 2. The fourth-order valence-electron chi connectivity index (χ4n) is 3.98. The average Bonchev–Trinajstić information content (AvgIpc) is 3.35. The van der Waals surface area contributed by atoms with Crippen molar-refractivity contribution >= 4 is 17.2 Å². The maximum absolute atomic E-state index is 13.4. The Bertz CT molecular complexity index is 1230. The Balaban J connectivity index is 1.70. The van der Waals surface area contributed by atoms with Crippen molar-refractivity contribution in [1.29, 1.82) is 0 Å². The molecule has 0 spiro atoms. The van der Waals surface area contributed by atoms with Gasteiger partial charge in [0.15, 0.2) is 11.5 Å². The number of carbonyl (C=O) groups is 1. The number of imidazole rings is 1.